The van der Waals surface area contributed by atoms with Crippen LogP contribution in [-0.4, -0.2) is 31.6 Å². The molecule has 6 nitrogen and oxygen atoms in total. The lowest BCUT2D eigenvalue weighted by atomic mass is 10.2. The van der Waals surface area contributed by atoms with Gasteiger partial charge in [0.05, 0.1) is 24.0 Å². The van der Waals surface area contributed by atoms with Crippen molar-refractivity contribution in [3.05, 3.63) is 22.5 Å². The molecule has 0 unspecified atom stereocenters. The zero-order valence-electron chi connectivity index (χ0n) is 12.5. The average Bonchev–Trinajstić information content (AvgIpc) is 3.02. The molecule has 7 heteroatoms. The Hall–Kier alpha value is -1.47. The average molecular weight is 307 g/mol. The van der Waals surface area contributed by atoms with Gasteiger partial charge in [0.1, 0.15) is 5.01 Å². The Morgan fingerprint density at radius 2 is 2.24 bits per heavy atom. The van der Waals surface area contributed by atoms with Crippen LogP contribution in [0.1, 0.15) is 49.2 Å². The maximum absolute atomic E-state index is 9.68. The molecule has 21 heavy (non-hydrogen) atoms. The predicted octanol–water partition coefficient (Wildman–Crippen LogP) is 2.15. The summed E-state index contributed by atoms with van der Waals surface area (Å²) in [5.41, 5.74) is 1.88. The summed E-state index contributed by atoms with van der Waals surface area (Å²) in [7, 11) is 0. The third-order valence-corrected chi connectivity index (χ3v) is 4.70. The molecule has 1 aliphatic rings. The Morgan fingerprint density at radius 1 is 1.38 bits per heavy atom. The van der Waals surface area contributed by atoms with Gasteiger partial charge in [-0.2, -0.15) is 5.10 Å². The van der Waals surface area contributed by atoms with E-state index < -0.39 is 6.10 Å². The summed E-state index contributed by atoms with van der Waals surface area (Å²) in [4.78, 5) is 2.27. The third-order valence-electron chi connectivity index (χ3n) is 3.65. The fraction of sp³-hybridized carbons (Fsp3) is 0.643. The van der Waals surface area contributed by atoms with Crippen LogP contribution in [0.15, 0.2) is 6.07 Å². The summed E-state index contributed by atoms with van der Waals surface area (Å²) >= 11 is 1.69. The number of aromatic nitrogens is 4. The van der Waals surface area contributed by atoms with Crippen LogP contribution in [0.2, 0.25) is 0 Å². The molecule has 1 aliphatic heterocycles. The second kappa shape index (κ2) is 6.11. The van der Waals surface area contributed by atoms with Crippen molar-refractivity contribution in [2.24, 2.45) is 0 Å². The summed E-state index contributed by atoms with van der Waals surface area (Å²) in [6.45, 7) is 6.54. The first-order chi connectivity index (χ1) is 10.2. The van der Waals surface area contributed by atoms with E-state index in [2.05, 4.69) is 27.1 Å². The van der Waals surface area contributed by atoms with E-state index >= 15 is 0 Å². The maximum atomic E-state index is 9.68. The zero-order chi connectivity index (χ0) is 14.8. The fourth-order valence-corrected chi connectivity index (χ4v) is 3.50. The molecule has 2 aromatic rings. The lowest BCUT2D eigenvalue weighted by Crippen LogP contribution is -2.22. The van der Waals surface area contributed by atoms with E-state index in [4.69, 9.17) is 0 Å². The smallest absolute Gasteiger partial charge is 0.208 e. The molecule has 0 saturated heterocycles. The van der Waals surface area contributed by atoms with E-state index in [1.165, 1.54) is 0 Å². The second-order valence-corrected chi connectivity index (χ2v) is 6.50. The minimum absolute atomic E-state index is 0.518. The molecule has 1 atom stereocenters. The van der Waals surface area contributed by atoms with Crippen LogP contribution in [0.5, 0.6) is 0 Å². The van der Waals surface area contributed by atoms with Crippen LogP contribution >= 0.6 is 11.3 Å². The van der Waals surface area contributed by atoms with E-state index in [1.807, 2.05) is 10.7 Å². The lowest BCUT2D eigenvalue weighted by Gasteiger charge is -2.17. The Morgan fingerprint density at radius 3 is 3.00 bits per heavy atom. The quantitative estimate of drug-likeness (QED) is 0.937. The van der Waals surface area contributed by atoms with Crippen molar-refractivity contribution in [3.63, 3.8) is 0 Å². The highest BCUT2D eigenvalue weighted by Crippen LogP contribution is 2.26. The molecule has 0 aromatic carbocycles. The van der Waals surface area contributed by atoms with Crippen LogP contribution in [0.3, 0.4) is 0 Å². The van der Waals surface area contributed by atoms with E-state index in [-0.39, 0.29) is 0 Å². The van der Waals surface area contributed by atoms with Gasteiger partial charge in [-0.25, -0.2) is 0 Å². The molecule has 2 aromatic heterocycles. The van der Waals surface area contributed by atoms with Gasteiger partial charge in [0.25, 0.3) is 0 Å². The minimum atomic E-state index is -0.518. The molecular formula is C14H21N5OS. The Bertz CT molecular complexity index is 606. The summed E-state index contributed by atoms with van der Waals surface area (Å²) in [5, 5.41) is 24.9. The highest BCUT2D eigenvalue weighted by atomic mass is 32.1. The van der Waals surface area contributed by atoms with E-state index in [0.29, 0.717) is 0 Å². The Balaban J connectivity index is 1.80. The third kappa shape index (κ3) is 3.08. The predicted molar refractivity (Wildman–Crippen MR) is 82.4 cm³/mol. The summed E-state index contributed by atoms with van der Waals surface area (Å²) < 4.78 is 2.01. The van der Waals surface area contributed by atoms with Crippen molar-refractivity contribution in [2.75, 3.05) is 11.4 Å². The van der Waals surface area contributed by atoms with Gasteiger partial charge in [-0.3, -0.25) is 4.68 Å². The van der Waals surface area contributed by atoms with Gasteiger partial charge >= 0.3 is 0 Å². The van der Waals surface area contributed by atoms with E-state index in [1.54, 1.807) is 18.3 Å². The van der Waals surface area contributed by atoms with Gasteiger partial charge in [-0.15, -0.1) is 10.2 Å². The van der Waals surface area contributed by atoms with Crippen LogP contribution < -0.4 is 4.90 Å². The van der Waals surface area contributed by atoms with Gasteiger partial charge in [-0.1, -0.05) is 18.3 Å². The summed E-state index contributed by atoms with van der Waals surface area (Å²) in [5.74, 6) is 0. The number of aliphatic hydroxyl groups is 1. The number of hydrogen-bond acceptors (Lipinski definition) is 6. The molecule has 0 fully saturated rings. The molecule has 0 radical (unpaired) electrons. The van der Waals surface area contributed by atoms with E-state index in [9.17, 15) is 5.11 Å². The fourth-order valence-electron chi connectivity index (χ4n) is 2.54. The number of fused-ring (bicyclic) bond motifs is 1. The molecule has 0 spiro atoms. The zero-order valence-corrected chi connectivity index (χ0v) is 13.3. The Kier molecular flexibility index (Phi) is 4.21. The monoisotopic (exact) mass is 307 g/mol. The van der Waals surface area contributed by atoms with Crippen molar-refractivity contribution in [1.82, 2.24) is 20.0 Å². The van der Waals surface area contributed by atoms with Crippen LogP contribution in [-0.2, 0) is 19.5 Å². The number of aryl methyl sites for hydroxylation is 2. The van der Waals surface area contributed by atoms with E-state index in [0.717, 1.165) is 60.4 Å². The van der Waals surface area contributed by atoms with Crippen molar-refractivity contribution in [3.8, 4) is 0 Å². The van der Waals surface area contributed by atoms with Crippen LogP contribution in [0.25, 0.3) is 0 Å². The standard InChI is InChI=1S/C14H21N5OS/c1-3-5-13-15-16-14(21-13)18-6-4-7-19-11(9-18)8-12(17-19)10(2)20/h8,10,20H,3-7,9H2,1-2H3/t10-/m0/s1. The highest BCUT2D eigenvalue weighted by molar-refractivity contribution is 7.15. The first kappa shape index (κ1) is 14.5. The molecule has 0 amide bonds. The molecule has 3 rings (SSSR count). The lowest BCUT2D eigenvalue weighted by molar-refractivity contribution is 0.193. The minimum Gasteiger partial charge on any atom is -0.387 e. The number of rotatable bonds is 4. The van der Waals surface area contributed by atoms with Crippen LogP contribution in [0.4, 0.5) is 5.13 Å². The second-order valence-electron chi connectivity index (χ2n) is 5.46. The first-order valence-corrected chi connectivity index (χ1v) is 8.31. The Labute approximate surface area is 128 Å². The van der Waals surface area contributed by atoms with Crippen molar-refractivity contribution < 1.29 is 5.11 Å². The van der Waals surface area contributed by atoms with Crippen molar-refractivity contribution in [1.29, 1.82) is 0 Å². The molecular weight excluding hydrogens is 286 g/mol. The molecule has 114 valence electrons. The molecule has 3 heterocycles. The van der Waals surface area contributed by atoms with Gasteiger partial charge in [0.15, 0.2) is 0 Å². The maximum Gasteiger partial charge on any atom is 0.208 e. The number of anilines is 1. The number of nitrogens with zero attached hydrogens (tertiary/aromatic N) is 5. The topological polar surface area (TPSA) is 67.1 Å². The largest absolute Gasteiger partial charge is 0.387 e. The summed E-state index contributed by atoms with van der Waals surface area (Å²) in [6, 6.07) is 2.00. The van der Waals surface area contributed by atoms with Crippen LogP contribution in [0, 0.1) is 0 Å². The molecule has 0 saturated carbocycles. The molecule has 0 bridgehead atoms. The van der Waals surface area contributed by atoms with Crippen molar-refractivity contribution in [2.45, 2.75) is 52.3 Å². The number of hydrogen-bond donors (Lipinski definition) is 1. The summed E-state index contributed by atoms with van der Waals surface area (Å²) in [6.07, 6.45) is 2.60. The molecule has 0 aliphatic carbocycles. The van der Waals surface area contributed by atoms with Gasteiger partial charge in [0.2, 0.25) is 5.13 Å². The highest BCUT2D eigenvalue weighted by Gasteiger charge is 2.20. The molecule has 1 N–H and O–H groups in total. The van der Waals surface area contributed by atoms with Gasteiger partial charge < -0.3 is 10.0 Å². The van der Waals surface area contributed by atoms with Gasteiger partial charge in [-0.05, 0) is 25.8 Å². The first-order valence-electron chi connectivity index (χ1n) is 7.49. The SMILES string of the molecule is CCCc1nnc(N2CCCn3nc([C@H](C)O)cc3C2)s1. The van der Waals surface area contributed by atoms with Gasteiger partial charge in [0, 0.05) is 19.5 Å². The van der Waals surface area contributed by atoms with Crippen molar-refractivity contribution >= 4 is 16.5 Å². The normalized spacial score (nSPS) is 16.6. The number of aliphatic hydroxyl groups excluding tert-OH is 1.